The number of carbonyl (C=O) groups excluding carboxylic acids is 2. The van der Waals surface area contributed by atoms with Crippen molar-refractivity contribution in [3.05, 3.63) is 0 Å². The molecule has 2 aliphatic rings. The van der Waals surface area contributed by atoms with Gasteiger partial charge in [-0.25, -0.2) is 4.79 Å². The molecule has 2 heterocycles. The van der Waals surface area contributed by atoms with Crippen molar-refractivity contribution in [1.82, 2.24) is 0 Å². The van der Waals surface area contributed by atoms with Crippen molar-refractivity contribution >= 4 is 20.1 Å². The molecule has 0 radical (unpaired) electrons. The molecule has 2 fully saturated rings. The molecule has 0 aromatic heterocycles. The highest BCUT2D eigenvalue weighted by atomic mass is 28.4. The summed E-state index contributed by atoms with van der Waals surface area (Å²) in [5.41, 5.74) is 0. The zero-order valence-electron chi connectivity index (χ0n) is 15.3. The Hall–Kier alpha value is -0.763. The van der Waals surface area contributed by atoms with Crippen LogP contribution in [0.15, 0.2) is 0 Å². The van der Waals surface area contributed by atoms with Gasteiger partial charge in [-0.05, 0) is 38.9 Å². The third-order valence-corrected chi connectivity index (χ3v) is 9.32. The molecule has 2 aliphatic heterocycles. The van der Waals surface area contributed by atoms with E-state index in [1.807, 2.05) is 0 Å². The summed E-state index contributed by atoms with van der Waals surface area (Å²) in [6, 6.07) is 0. The summed E-state index contributed by atoms with van der Waals surface area (Å²) >= 11 is 0. The van der Waals surface area contributed by atoms with Crippen molar-refractivity contribution in [2.45, 2.75) is 89.9 Å². The molecule has 0 saturated carbocycles. The second-order valence-electron chi connectivity index (χ2n) is 8.33. The molecule has 6 nitrogen and oxygen atoms in total. The number of carbonyl (C=O) groups is 2. The minimum Gasteiger partial charge on any atom is -0.449 e. The monoisotopic (exact) mass is 344 g/mol. The maximum Gasteiger partial charge on any atom is 0.337 e. The summed E-state index contributed by atoms with van der Waals surface area (Å²) < 4.78 is 23.3. The first kappa shape index (κ1) is 18.6. The van der Waals surface area contributed by atoms with Crippen molar-refractivity contribution in [2.75, 3.05) is 0 Å². The number of fused-ring (bicyclic) bond motifs is 1. The molecule has 0 amide bonds. The highest BCUT2D eigenvalue weighted by molar-refractivity contribution is 6.74. The lowest BCUT2D eigenvalue weighted by atomic mass is 9.97. The maximum atomic E-state index is 12.5. The van der Waals surface area contributed by atoms with E-state index < -0.39 is 44.5 Å². The highest BCUT2D eigenvalue weighted by Gasteiger charge is 2.59. The first-order valence-corrected chi connectivity index (χ1v) is 10.9. The van der Waals surface area contributed by atoms with Crippen LogP contribution in [0, 0.1) is 0 Å². The number of ether oxygens (including phenoxy) is 3. The predicted molar refractivity (Wildman–Crippen MR) is 86.5 cm³/mol. The molecule has 0 spiro atoms. The fourth-order valence-electron chi connectivity index (χ4n) is 2.60. The van der Waals surface area contributed by atoms with Crippen LogP contribution < -0.4 is 0 Å². The Labute approximate surface area is 138 Å². The summed E-state index contributed by atoms with van der Waals surface area (Å²) in [5.74, 6) is -1.68. The third-order valence-electron chi connectivity index (χ3n) is 4.86. The number of hydrogen-bond acceptors (Lipinski definition) is 6. The molecule has 2 rings (SSSR count). The SMILES string of the molecule is CC(=O)[C@@H]1OC(=O)[C@H](O[Si](C)(C)C(C)(C)C)[C@@H]2OC(C)(C)O[C@@H]21. The van der Waals surface area contributed by atoms with Crippen LogP contribution in [0.25, 0.3) is 0 Å². The molecule has 0 aliphatic carbocycles. The Morgan fingerprint density at radius 1 is 1.17 bits per heavy atom. The van der Waals surface area contributed by atoms with Gasteiger partial charge in [0, 0.05) is 0 Å². The molecule has 132 valence electrons. The van der Waals surface area contributed by atoms with Crippen LogP contribution in [-0.4, -0.2) is 50.3 Å². The zero-order valence-corrected chi connectivity index (χ0v) is 16.3. The lowest BCUT2D eigenvalue weighted by molar-refractivity contribution is -0.186. The molecule has 0 bridgehead atoms. The van der Waals surface area contributed by atoms with E-state index in [0.29, 0.717) is 0 Å². The van der Waals surface area contributed by atoms with Gasteiger partial charge in [0.2, 0.25) is 0 Å². The van der Waals surface area contributed by atoms with Gasteiger partial charge < -0.3 is 18.6 Å². The van der Waals surface area contributed by atoms with E-state index in [1.165, 1.54) is 6.92 Å². The average molecular weight is 344 g/mol. The lowest BCUT2D eigenvalue weighted by Crippen LogP contribution is -2.60. The van der Waals surface area contributed by atoms with Crippen LogP contribution in [0.1, 0.15) is 41.5 Å². The Kier molecular flexibility index (Phi) is 4.56. The highest BCUT2D eigenvalue weighted by Crippen LogP contribution is 2.42. The number of cyclic esters (lactones) is 1. The molecular weight excluding hydrogens is 316 g/mol. The second kappa shape index (κ2) is 5.65. The van der Waals surface area contributed by atoms with Crippen LogP contribution in [0.3, 0.4) is 0 Å². The fraction of sp³-hybridized carbons (Fsp3) is 0.875. The molecule has 23 heavy (non-hydrogen) atoms. The number of Topliss-reactive ketones (excluding diaryl/α,β-unsaturated/α-hetero) is 1. The van der Waals surface area contributed by atoms with Crippen LogP contribution >= 0.6 is 0 Å². The van der Waals surface area contributed by atoms with Gasteiger partial charge in [-0.1, -0.05) is 20.8 Å². The van der Waals surface area contributed by atoms with E-state index in [4.69, 9.17) is 18.6 Å². The van der Waals surface area contributed by atoms with Gasteiger partial charge in [-0.3, -0.25) is 4.79 Å². The van der Waals surface area contributed by atoms with Crippen molar-refractivity contribution in [3.8, 4) is 0 Å². The molecule has 0 N–H and O–H groups in total. The summed E-state index contributed by atoms with van der Waals surface area (Å²) in [7, 11) is -2.21. The Morgan fingerprint density at radius 2 is 1.70 bits per heavy atom. The minimum atomic E-state index is -2.21. The Morgan fingerprint density at radius 3 is 2.17 bits per heavy atom. The molecule has 4 atom stereocenters. The van der Waals surface area contributed by atoms with Gasteiger partial charge in [0.05, 0.1) is 0 Å². The molecule has 0 aromatic carbocycles. The molecule has 2 saturated heterocycles. The van der Waals surface area contributed by atoms with Gasteiger partial charge in [0.15, 0.2) is 32.1 Å². The number of hydrogen-bond donors (Lipinski definition) is 0. The molecule has 7 heteroatoms. The van der Waals surface area contributed by atoms with Crippen LogP contribution in [-0.2, 0) is 28.2 Å². The first-order chi connectivity index (χ1) is 10.3. The average Bonchev–Trinajstić information content (AvgIpc) is 2.66. The van der Waals surface area contributed by atoms with Gasteiger partial charge >= 0.3 is 5.97 Å². The third kappa shape index (κ3) is 3.52. The van der Waals surface area contributed by atoms with E-state index in [9.17, 15) is 9.59 Å². The summed E-state index contributed by atoms with van der Waals surface area (Å²) in [6.45, 7) is 15.3. The fourth-order valence-corrected chi connectivity index (χ4v) is 3.82. The van der Waals surface area contributed by atoms with Gasteiger partial charge in [-0.15, -0.1) is 0 Å². The maximum absolute atomic E-state index is 12.5. The Bertz CT molecular complexity index is 507. The van der Waals surface area contributed by atoms with E-state index in [2.05, 4.69) is 33.9 Å². The number of esters is 1. The molecule has 0 unspecified atom stereocenters. The van der Waals surface area contributed by atoms with Crippen molar-refractivity contribution in [2.24, 2.45) is 0 Å². The van der Waals surface area contributed by atoms with E-state index >= 15 is 0 Å². The standard InChI is InChI=1S/C16H28O6Si/c1-9(17)10-11-12(21-16(5,6)20-11)13(14(18)19-10)22-23(7,8)15(2,3)4/h10-13H,1-8H3/t10-,11+,12+,13+/m0/s1. The normalized spacial score (nSPS) is 34.0. The van der Waals surface area contributed by atoms with Crippen LogP contribution in [0.2, 0.25) is 18.1 Å². The zero-order chi connectivity index (χ0) is 17.8. The van der Waals surface area contributed by atoms with Gasteiger partial charge in [-0.2, -0.15) is 0 Å². The molecular formula is C16H28O6Si. The summed E-state index contributed by atoms with van der Waals surface area (Å²) in [4.78, 5) is 24.3. The summed E-state index contributed by atoms with van der Waals surface area (Å²) in [5, 5.41) is -0.0603. The van der Waals surface area contributed by atoms with Crippen LogP contribution in [0.5, 0.6) is 0 Å². The smallest absolute Gasteiger partial charge is 0.337 e. The van der Waals surface area contributed by atoms with Crippen molar-refractivity contribution < 1.29 is 28.2 Å². The minimum absolute atomic E-state index is 0.0603. The van der Waals surface area contributed by atoms with Crippen molar-refractivity contribution in [1.29, 1.82) is 0 Å². The van der Waals surface area contributed by atoms with E-state index in [-0.39, 0.29) is 10.8 Å². The second-order valence-corrected chi connectivity index (χ2v) is 13.1. The largest absolute Gasteiger partial charge is 0.449 e. The Balaban J connectivity index is 2.31. The summed E-state index contributed by atoms with van der Waals surface area (Å²) in [6.07, 6.45) is -3.06. The number of rotatable bonds is 3. The number of ketones is 1. The van der Waals surface area contributed by atoms with E-state index in [0.717, 1.165) is 0 Å². The quantitative estimate of drug-likeness (QED) is 0.578. The van der Waals surface area contributed by atoms with E-state index in [1.54, 1.807) is 13.8 Å². The van der Waals surface area contributed by atoms with Crippen molar-refractivity contribution in [3.63, 3.8) is 0 Å². The molecule has 0 aromatic rings. The topological polar surface area (TPSA) is 71.1 Å². The predicted octanol–water partition coefficient (Wildman–Crippen LogP) is 2.41. The lowest BCUT2D eigenvalue weighted by Gasteiger charge is -2.42. The van der Waals surface area contributed by atoms with Gasteiger partial charge in [0.1, 0.15) is 12.2 Å². The van der Waals surface area contributed by atoms with Gasteiger partial charge in [0.25, 0.3) is 0 Å². The first-order valence-electron chi connectivity index (χ1n) is 7.99. The van der Waals surface area contributed by atoms with Crippen LogP contribution in [0.4, 0.5) is 0 Å².